The van der Waals surface area contributed by atoms with Gasteiger partial charge in [-0.3, -0.25) is 4.79 Å². The second kappa shape index (κ2) is 3.43. The molecule has 0 radical (unpaired) electrons. The predicted molar refractivity (Wildman–Crippen MR) is 44.9 cm³/mol. The molecule has 6 heteroatoms. The summed E-state index contributed by atoms with van der Waals surface area (Å²) in [6.45, 7) is 0. The van der Waals surface area contributed by atoms with Gasteiger partial charge in [0.1, 0.15) is 5.84 Å². The highest BCUT2D eigenvalue weighted by molar-refractivity contribution is 6.04. The Bertz CT molecular complexity index is 315. The molecule has 1 aliphatic rings. The van der Waals surface area contributed by atoms with Crippen molar-refractivity contribution in [2.24, 2.45) is 4.99 Å². The van der Waals surface area contributed by atoms with Crippen LogP contribution in [0.2, 0.25) is 0 Å². The summed E-state index contributed by atoms with van der Waals surface area (Å²) < 4.78 is 36.8. The van der Waals surface area contributed by atoms with Crippen molar-refractivity contribution in [3.63, 3.8) is 0 Å². The highest BCUT2D eigenvalue weighted by atomic mass is 19.4. The van der Waals surface area contributed by atoms with Crippen LogP contribution in [-0.2, 0) is 4.79 Å². The number of hydrogen-bond donors (Lipinski definition) is 0. The van der Waals surface area contributed by atoms with Crippen LogP contribution in [0.3, 0.4) is 0 Å². The Morgan fingerprint density at radius 1 is 1.43 bits per heavy atom. The summed E-state index contributed by atoms with van der Waals surface area (Å²) in [4.78, 5) is 15.7. The Labute approximate surface area is 78.9 Å². The lowest BCUT2D eigenvalue weighted by Gasteiger charge is -2.19. The third-order valence-corrected chi connectivity index (χ3v) is 1.71. The lowest BCUT2D eigenvalue weighted by Crippen LogP contribution is -2.28. The minimum absolute atomic E-state index is 0.0357. The molecule has 0 atom stereocenters. The average Bonchev–Trinajstić information content (AvgIpc) is 2.01. The van der Waals surface area contributed by atoms with Gasteiger partial charge in [0.15, 0.2) is 0 Å². The molecule has 0 aromatic heterocycles. The molecule has 0 saturated heterocycles. The largest absolute Gasteiger partial charge is 0.413 e. The first-order valence-electron chi connectivity index (χ1n) is 3.87. The molecular formula is C8H9F3N2O. The molecule has 78 valence electrons. The molecule has 14 heavy (non-hydrogen) atoms. The van der Waals surface area contributed by atoms with Gasteiger partial charge >= 0.3 is 6.18 Å². The maximum Gasteiger partial charge on any atom is 0.413 e. The summed E-state index contributed by atoms with van der Waals surface area (Å²) in [5, 5.41) is 0. The molecule has 0 fully saturated rings. The summed E-state index contributed by atoms with van der Waals surface area (Å²) in [6.07, 6.45) is -4.23. The van der Waals surface area contributed by atoms with Gasteiger partial charge in [-0.2, -0.15) is 18.2 Å². The number of amidine groups is 1. The van der Waals surface area contributed by atoms with Crippen LogP contribution in [0.15, 0.2) is 16.6 Å². The number of dihydropyridines is 1. The number of alkyl halides is 3. The van der Waals surface area contributed by atoms with Gasteiger partial charge in [-0.25, -0.2) is 0 Å². The molecule has 0 spiro atoms. The topological polar surface area (TPSA) is 32.7 Å². The van der Waals surface area contributed by atoms with E-state index in [9.17, 15) is 18.0 Å². The first kappa shape index (κ1) is 10.7. The molecule has 1 aliphatic heterocycles. The van der Waals surface area contributed by atoms with E-state index in [4.69, 9.17) is 0 Å². The molecule has 0 bridgehead atoms. The van der Waals surface area contributed by atoms with E-state index in [0.717, 1.165) is 6.08 Å². The predicted octanol–water partition coefficient (Wildman–Crippen LogP) is 1.37. The molecule has 1 rings (SSSR count). The summed E-state index contributed by atoms with van der Waals surface area (Å²) in [7, 11) is 3.06. The molecule has 3 nitrogen and oxygen atoms in total. The van der Waals surface area contributed by atoms with E-state index in [2.05, 4.69) is 4.99 Å². The van der Waals surface area contributed by atoms with Gasteiger partial charge in [0, 0.05) is 19.7 Å². The zero-order chi connectivity index (χ0) is 10.9. The molecule has 0 aliphatic carbocycles. The summed E-state index contributed by atoms with van der Waals surface area (Å²) in [6, 6.07) is 0. The van der Waals surface area contributed by atoms with Gasteiger partial charge in [0.25, 0.3) is 5.91 Å². The Balaban J connectivity index is 3.01. The fourth-order valence-electron chi connectivity index (χ4n) is 0.981. The number of amides is 1. The zero-order valence-corrected chi connectivity index (χ0v) is 7.72. The molecule has 0 aromatic carbocycles. The van der Waals surface area contributed by atoms with Gasteiger partial charge in [-0.15, -0.1) is 0 Å². The maximum atomic E-state index is 12.3. The zero-order valence-electron chi connectivity index (χ0n) is 7.72. The summed E-state index contributed by atoms with van der Waals surface area (Å²) in [5.74, 6) is -0.725. The lowest BCUT2D eigenvalue weighted by molar-refractivity contribution is -0.122. The number of aliphatic imine (C=N–C) groups is 1. The van der Waals surface area contributed by atoms with E-state index < -0.39 is 24.1 Å². The van der Waals surface area contributed by atoms with E-state index in [-0.39, 0.29) is 5.84 Å². The van der Waals surface area contributed by atoms with Crippen molar-refractivity contribution < 1.29 is 18.0 Å². The molecule has 0 aromatic rings. The van der Waals surface area contributed by atoms with Crippen molar-refractivity contribution in [1.29, 1.82) is 0 Å². The fraction of sp³-hybridized carbons (Fsp3) is 0.500. The molecule has 0 unspecified atom stereocenters. The normalized spacial score (nSPS) is 17.6. The van der Waals surface area contributed by atoms with E-state index in [0.29, 0.717) is 0 Å². The lowest BCUT2D eigenvalue weighted by atomic mass is 10.1. The van der Waals surface area contributed by atoms with Crippen LogP contribution < -0.4 is 0 Å². The van der Waals surface area contributed by atoms with E-state index >= 15 is 0 Å². The second-order valence-corrected chi connectivity index (χ2v) is 3.10. The third-order valence-electron chi connectivity index (χ3n) is 1.71. The standard InChI is InChI=1S/C8H9F3N2O/c1-13(2)6-3-5(8(9,10)11)4-7(14)12-6/h3H,4H2,1-2H3. The Morgan fingerprint density at radius 2 is 2.00 bits per heavy atom. The fourth-order valence-corrected chi connectivity index (χ4v) is 0.981. The molecule has 1 heterocycles. The van der Waals surface area contributed by atoms with E-state index in [1.54, 1.807) is 0 Å². The smallest absolute Gasteiger partial charge is 0.363 e. The van der Waals surface area contributed by atoms with Gasteiger partial charge in [-0.1, -0.05) is 0 Å². The van der Waals surface area contributed by atoms with Crippen molar-refractivity contribution in [1.82, 2.24) is 4.90 Å². The second-order valence-electron chi connectivity index (χ2n) is 3.10. The number of likely N-dealkylation sites (N-methyl/N-ethyl adjacent to an activating group) is 1. The number of rotatable bonds is 0. The number of halogens is 3. The maximum absolute atomic E-state index is 12.3. The molecule has 0 saturated carbocycles. The van der Waals surface area contributed by atoms with E-state index in [1.807, 2.05) is 0 Å². The Kier molecular flexibility index (Phi) is 2.64. The van der Waals surface area contributed by atoms with Crippen molar-refractivity contribution >= 4 is 11.7 Å². The Morgan fingerprint density at radius 3 is 2.43 bits per heavy atom. The SMILES string of the molecule is CN(C)C1=NC(=O)CC(C(F)(F)F)=C1. The number of hydrogen-bond acceptors (Lipinski definition) is 2. The molecule has 0 N–H and O–H groups in total. The van der Waals surface area contributed by atoms with Crippen LogP contribution in [0.1, 0.15) is 6.42 Å². The Hall–Kier alpha value is -1.33. The minimum atomic E-state index is -4.45. The van der Waals surface area contributed by atoms with Gasteiger partial charge in [0.2, 0.25) is 0 Å². The average molecular weight is 206 g/mol. The van der Waals surface area contributed by atoms with Gasteiger partial charge in [-0.05, 0) is 6.08 Å². The van der Waals surface area contributed by atoms with Crippen molar-refractivity contribution in [2.45, 2.75) is 12.6 Å². The van der Waals surface area contributed by atoms with Crippen LogP contribution in [0, 0.1) is 0 Å². The highest BCUT2D eigenvalue weighted by Gasteiger charge is 2.36. The first-order chi connectivity index (χ1) is 6.30. The number of nitrogens with zero attached hydrogens (tertiary/aromatic N) is 2. The van der Waals surface area contributed by atoms with Crippen LogP contribution in [-0.4, -0.2) is 36.9 Å². The summed E-state index contributed by atoms with van der Waals surface area (Å²) >= 11 is 0. The van der Waals surface area contributed by atoms with Crippen molar-refractivity contribution in [3.05, 3.63) is 11.6 Å². The van der Waals surface area contributed by atoms with Crippen LogP contribution in [0.5, 0.6) is 0 Å². The van der Waals surface area contributed by atoms with Crippen molar-refractivity contribution in [3.8, 4) is 0 Å². The van der Waals surface area contributed by atoms with Crippen LogP contribution in [0.4, 0.5) is 13.2 Å². The number of carbonyl (C=O) groups is 1. The van der Waals surface area contributed by atoms with Crippen LogP contribution in [0.25, 0.3) is 0 Å². The van der Waals surface area contributed by atoms with E-state index in [1.165, 1.54) is 19.0 Å². The van der Waals surface area contributed by atoms with Crippen LogP contribution >= 0.6 is 0 Å². The summed E-state index contributed by atoms with van der Waals surface area (Å²) in [5.41, 5.74) is -0.846. The monoisotopic (exact) mass is 206 g/mol. The van der Waals surface area contributed by atoms with Crippen molar-refractivity contribution in [2.75, 3.05) is 14.1 Å². The number of carbonyl (C=O) groups excluding carboxylic acids is 1. The van der Waals surface area contributed by atoms with Gasteiger partial charge < -0.3 is 4.90 Å². The molecule has 1 amide bonds. The molecular weight excluding hydrogens is 197 g/mol. The quantitative estimate of drug-likeness (QED) is 0.599. The highest BCUT2D eigenvalue weighted by Crippen LogP contribution is 2.30. The third kappa shape index (κ3) is 2.34. The van der Waals surface area contributed by atoms with Gasteiger partial charge in [0.05, 0.1) is 6.42 Å². The first-order valence-corrected chi connectivity index (χ1v) is 3.87. The minimum Gasteiger partial charge on any atom is -0.363 e.